The molecular weight excluding hydrogens is 196 g/mol. The molecule has 1 saturated carbocycles. The molecule has 0 amide bonds. The highest BCUT2D eigenvalue weighted by molar-refractivity contribution is 7.99. The molecular formula is C9H16N4S. The second-order valence-corrected chi connectivity index (χ2v) is 4.90. The van der Waals surface area contributed by atoms with Crippen molar-refractivity contribution in [3.63, 3.8) is 0 Å². The Morgan fingerprint density at radius 2 is 2.57 bits per heavy atom. The maximum Gasteiger partial charge on any atom is 0.183 e. The Morgan fingerprint density at radius 1 is 1.71 bits per heavy atom. The molecule has 1 aromatic heterocycles. The van der Waals surface area contributed by atoms with E-state index >= 15 is 0 Å². The number of H-pyrrole nitrogens is 1. The van der Waals surface area contributed by atoms with Gasteiger partial charge in [0.2, 0.25) is 0 Å². The van der Waals surface area contributed by atoms with Gasteiger partial charge in [-0.15, -0.1) is 0 Å². The molecule has 0 spiro atoms. The van der Waals surface area contributed by atoms with Crippen LogP contribution in [0.2, 0.25) is 0 Å². The summed E-state index contributed by atoms with van der Waals surface area (Å²) in [6.07, 6.45) is 4.28. The highest BCUT2D eigenvalue weighted by Gasteiger charge is 2.20. The largest absolute Gasteiger partial charge is 0.314 e. The van der Waals surface area contributed by atoms with Crippen LogP contribution in [-0.2, 0) is 0 Å². The Hall–Kier alpha value is -0.550. The summed E-state index contributed by atoms with van der Waals surface area (Å²) >= 11 is 1.74. The van der Waals surface area contributed by atoms with E-state index in [4.69, 9.17) is 0 Å². The van der Waals surface area contributed by atoms with Crippen LogP contribution in [0.3, 0.4) is 0 Å². The summed E-state index contributed by atoms with van der Waals surface area (Å²) in [5.74, 6) is 1.78. The number of nitrogens with one attached hydrogen (secondary N) is 2. The van der Waals surface area contributed by atoms with E-state index in [-0.39, 0.29) is 0 Å². The average Bonchev–Trinajstić information content (AvgIpc) is 2.87. The number of thioether (sulfide) groups is 1. The lowest BCUT2D eigenvalue weighted by Gasteiger charge is -2.10. The standard InChI is InChI=1S/C9H16N4S/c1-7(4-10-8-2-3-8)5-14-9-11-6-12-13-9/h6-8,10H,2-5H2,1H3,(H,11,12,13). The summed E-state index contributed by atoms with van der Waals surface area (Å²) in [6, 6.07) is 0.813. The van der Waals surface area contributed by atoms with Crippen LogP contribution in [0.5, 0.6) is 0 Å². The lowest BCUT2D eigenvalue weighted by molar-refractivity contribution is 0.556. The first-order valence-corrected chi connectivity index (χ1v) is 6.04. The highest BCUT2D eigenvalue weighted by Crippen LogP contribution is 2.20. The molecule has 14 heavy (non-hydrogen) atoms. The van der Waals surface area contributed by atoms with Gasteiger partial charge in [0.25, 0.3) is 0 Å². The van der Waals surface area contributed by atoms with Crippen molar-refractivity contribution in [1.82, 2.24) is 20.5 Å². The number of hydrogen-bond acceptors (Lipinski definition) is 4. The van der Waals surface area contributed by atoms with Crippen molar-refractivity contribution in [1.29, 1.82) is 0 Å². The first-order valence-electron chi connectivity index (χ1n) is 5.06. The minimum atomic E-state index is 0.686. The molecule has 0 aromatic carbocycles. The molecule has 1 aromatic rings. The molecule has 0 aliphatic heterocycles. The quantitative estimate of drug-likeness (QED) is 0.698. The minimum absolute atomic E-state index is 0.686. The van der Waals surface area contributed by atoms with E-state index in [1.54, 1.807) is 18.1 Å². The SMILES string of the molecule is CC(CNC1CC1)CSc1ncn[nH]1. The van der Waals surface area contributed by atoms with Crippen molar-refractivity contribution in [2.75, 3.05) is 12.3 Å². The predicted octanol–water partition coefficient (Wildman–Crippen LogP) is 1.28. The van der Waals surface area contributed by atoms with E-state index in [0.29, 0.717) is 5.92 Å². The first kappa shape index (κ1) is 9.98. The van der Waals surface area contributed by atoms with E-state index < -0.39 is 0 Å². The zero-order valence-corrected chi connectivity index (χ0v) is 9.18. The Labute approximate surface area is 88.3 Å². The Morgan fingerprint density at radius 3 is 3.21 bits per heavy atom. The van der Waals surface area contributed by atoms with E-state index in [1.807, 2.05) is 0 Å². The minimum Gasteiger partial charge on any atom is -0.314 e. The van der Waals surface area contributed by atoms with Gasteiger partial charge in [-0.1, -0.05) is 18.7 Å². The van der Waals surface area contributed by atoms with Gasteiger partial charge in [-0.25, -0.2) is 4.98 Å². The summed E-state index contributed by atoms with van der Waals surface area (Å²) in [6.45, 7) is 3.38. The normalized spacial score (nSPS) is 18.4. The topological polar surface area (TPSA) is 53.6 Å². The summed E-state index contributed by atoms with van der Waals surface area (Å²) in [4.78, 5) is 4.07. The third-order valence-electron chi connectivity index (χ3n) is 2.23. The summed E-state index contributed by atoms with van der Waals surface area (Å²) in [7, 11) is 0. The van der Waals surface area contributed by atoms with Gasteiger partial charge in [-0.05, 0) is 25.3 Å². The number of nitrogens with zero attached hydrogens (tertiary/aromatic N) is 2. The highest BCUT2D eigenvalue weighted by atomic mass is 32.2. The van der Waals surface area contributed by atoms with E-state index in [0.717, 1.165) is 23.5 Å². The first-order chi connectivity index (χ1) is 6.84. The number of rotatable bonds is 6. The Bertz CT molecular complexity index is 258. The maximum absolute atomic E-state index is 4.07. The second kappa shape index (κ2) is 4.79. The molecule has 1 atom stereocenters. The second-order valence-electron chi connectivity index (χ2n) is 3.89. The van der Waals surface area contributed by atoms with Gasteiger partial charge in [-0.2, -0.15) is 5.10 Å². The molecule has 1 heterocycles. The monoisotopic (exact) mass is 212 g/mol. The molecule has 1 aliphatic rings. The van der Waals surface area contributed by atoms with Crippen molar-refractivity contribution in [3.05, 3.63) is 6.33 Å². The average molecular weight is 212 g/mol. The molecule has 78 valence electrons. The molecule has 1 unspecified atom stereocenters. The van der Waals surface area contributed by atoms with Gasteiger partial charge in [0.05, 0.1) is 0 Å². The molecule has 4 nitrogen and oxygen atoms in total. The van der Waals surface area contributed by atoms with Gasteiger partial charge >= 0.3 is 0 Å². The molecule has 1 fully saturated rings. The predicted molar refractivity (Wildman–Crippen MR) is 57.3 cm³/mol. The van der Waals surface area contributed by atoms with Gasteiger partial charge in [0.15, 0.2) is 5.16 Å². The Kier molecular flexibility index (Phi) is 3.42. The third-order valence-corrected chi connectivity index (χ3v) is 3.44. The summed E-state index contributed by atoms with van der Waals surface area (Å²) in [5.41, 5.74) is 0. The van der Waals surface area contributed by atoms with E-state index in [1.165, 1.54) is 12.8 Å². The van der Waals surface area contributed by atoms with Crippen LogP contribution in [0.15, 0.2) is 11.5 Å². The molecule has 1 aliphatic carbocycles. The molecule has 0 bridgehead atoms. The molecule has 0 radical (unpaired) electrons. The molecule has 2 N–H and O–H groups in total. The molecule has 0 saturated heterocycles. The summed E-state index contributed by atoms with van der Waals surface area (Å²) in [5, 5.41) is 11.1. The van der Waals surface area contributed by atoms with Crippen LogP contribution in [-0.4, -0.2) is 33.5 Å². The third kappa shape index (κ3) is 3.31. The van der Waals surface area contributed by atoms with Crippen molar-refractivity contribution < 1.29 is 0 Å². The lowest BCUT2D eigenvalue weighted by Crippen LogP contribution is -2.24. The fourth-order valence-electron chi connectivity index (χ4n) is 1.20. The van der Waals surface area contributed by atoms with Crippen LogP contribution in [0, 0.1) is 5.92 Å². The van der Waals surface area contributed by atoms with E-state index in [9.17, 15) is 0 Å². The van der Waals surface area contributed by atoms with Gasteiger partial charge < -0.3 is 5.32 Å². The Balaban J connectivity index is 1.59. The number of hydrogen-bond donors (Lipinski definition) is 2. The van der Waals surface area contributed by atoms with Crippen LogP contribution in [0.1, 0.15) is 19.8 Å². The fraction of sp³-hybridized carbons (Fsp3) is 0.778. The van der Waals surface area contributed by atoms with Crippen LogP contribution in [0.25, 0.3) is 0 Å². The van der Waals surface area contributed by atoms with Crippen molar-refractivity contribution in [2.24, 2.45) is 5.92 Å². The van der Waals surface area contributed by atoms with Crippen LogP contribution >= 0.6 is 11.8 Å². The van der Waals surface area contributed by atoms with Gasteiger partial charge in [-0.3, -0.25) is 5.10 Å². The zero-order valence-electron chi connectivity index (χ0n) is 8.36. The smallest absolute Gasteiger partial charge is 0.183 e. The zero-order chi connectivity index (χ0) is 9.80. The maximum atomic E-state index is 4.07. The molecule has 5 heteroatoms. The van der Waals surface area contributed by atoms with Gasteiger partial charge in [0, 0.05) is 11.8 Å². The number of aromatic nitrogens is 3. The fourth-order valence-corrected chi connectivity index (χ4v) is 2.00. The summed E-state index contributed by atoms with van der Waals surface area (Å²) < 4.78 is 0. The number of aromatic amines is 1. The van der Waals surface area contributed by atoms with Crippen molar-refractivity contribution >= 4 is 11.8 Å². The van der Waals surface area contributed by atoms with Gasteiger partial charge in [0.1, 0.15) is 6.33 Å². The van der Waals surface area contributed by atoms with Crippen LogP contribution in [0.4, 0.5) is 0 Å². The van der Waals surface area contributed by atoms with Crippen molar-refractivity contribution in [2.45, 2.75) is 31.0 Å². The van der Waals surface area contributed by atoms with Crippen LogP contribution < -0.4 is 5.32 Å². The van der Waals surface area contributed by atoms with Crippen molar-refractivity contribution in [3.8, 4) is 0 Å². The molecule has 2 rings (SSSR count). The van der Waals surface area contributed by atoms with E-state index in [2.05, 4.69) is 27.4 Å². The lowest BCUT2D eigenvalue weighted by atomic mass is 10.2.